The van der Waals surface area contributed by atoms with E-state index in [1.165, 1.54) is 0 Å². The molecule has 0 amide bonds. The molecule has 3 nitrogen and oxygen atoms in total. The molecule has 1 heterocycles. The van der Waals surface area contributed by atoms with E-state index in [4.69, 9.17) is 0 Å². The highest BCUT2D eigenvalue weighted by molar-refractivity contribution is 5.83. The summed E-state index contributed by atoms with van der Waals surface area (Å²) in [5.41, 5.74) is 0. The maximum Gasteiger partial charge on any atom is 0.162 e. The highest BCUT2D eigenvalue weighted by Crippen LogP contribution is 2.10. The standard InChI is InChI=1S/C8H15NO2/c1-2-7(10)8(11)6-4-3-5-9-6/h6,8-9,11H,2-5H2,1H3. The van der Waals surface area contributed by atoms with Crippen LogP contribution in [-0.4, -0.2) is 29.6 Å². The first-order valence-electron chi connectivity index (χ1n) is 4.20. The van der Waals surface area contributed by atoms with Gasteiger partial charge in [0.15, 0.2) is 5.78 Å². The van der Waals surface area contributed by atoms with E-state index in [2.05, 4.69) is 5.32 Å². The van der Waals surface area contributed by atoms with Gasteiger partial charge in [0.2, 0.25) is 0 Å². The molecule has 1 saturated heterocycles. The number of Topliss-reactive ketones (excluding diaryl/α,β-unsaturated/α-hetero) is 1. The van der Waals surface area contributed by atoms with Gasteiger partial charge in [-0.2, -0.15) is 0 Å². The van der Waals surface area contributed by atoms with E-state index >= 15 is 0 Å². The van der Waals surface area contributed by atoms with E-state index < -0.39 is 6.10 Å². The summed E-state index contributed by atoms with van der Waals surface area (Å²) in [6, 6.07) is 0.0162. The lowest BCUT2D eigenvalue weighted by molar-refractivity contribution is -0.128. The Morgan fingerprint density at radius 3 is 3.00 bits per heavy atom. The van der Waals surface area contributed by atoms with Gasteiger partial charge in [0.05, 0.1) is 0 Å². The van der Waals surface area contributed by atoms with Crippen molar-refractivity contribution in [3.63, 3.8) is 0 Å². The smallest absolute Gasteiger partial charge is 0.162 e. The molecule has 1 aliphatic heterocycles. The second-order valence-corrected chi connectivity index (χ2v) is 2.97. The lowest BCUT2D eigenvalue weighted by Gasteiger charge is -2.15. The van der Waals surface area contributed by atoms with Crippen LogP contribution in [0.4, 0.5) is 0 Å². The molecule has 1 fully saturated rings. The van der Waals surface area contributed by atoms with Crippen LogP contribution in [0.3, 0.4) is 0 Å². The monoisotopic (exact) mass is 157 g/mol. The number of carbonyl (C=O) groups is 1. The molecular formula is C8H15NO2. The Morgan fingerprint density at radius 2 is 2.55 bits per heavy atom. The fourth-order valence-electron chi connectivity index (χ4n) is 1.41. The van der Waals surface area contributed by atoms with E-state index in [-0.39, 0.29) is 11.8 Å². The van der Waals surface area contributed by atoms with E-state index in [1.807, 2.05) is 0 Å². The van der Waals surface area contributed by atoms with Gasteiger partial charge in [-0.05, 0) is 19.4 Å². The van der Waals surface area contributed by atoms with E-state index in [0.29, 0.717) is 6.42 Å². The number of aliphatic hydroxyl groups is 1. The molecule has 0 aromatic heterocycles. The van der Waals surface area contributed by atoms with Crippen LogP contribution < -0.4 is 5.32 Å². The fraction of sp³-hybridized carbons (Fsp3) is 0.875. The van der Waals surface area contributed by atoms with E-state index in [9.17, 15) is 9.90 Å². The Bertz CT molecular complexity index is 141. The summed E-state index contributed by atoms with van der Waals surface area (Å²) < 4.78 is 0. The molecule has 11 heavy (non-hydrogen) atoms. The van der Waals surface area contributed by atoms with Crippen molar-refractivity contribution in [2.75, 3.05) is 6.54 Å². The molecule has 0 spiro atoms. The van der Waals surface area contributed by atoms with Gasteiger partial charge >= 0.3 is 0 Å². The van der Waals surface area contributed by atoms with Crippen LogP contribution in [-0.2, 0) is 4.79 Å². The Morgan fingerprint density at radius 1 is 1.82 bits per heavy atom. The van der Waals surface area contributed by atoms with Crippen molar-refractivity contribution in [3.8, 4) is 0 Å². The second kappa shape index (κ2) is 3.83. The Balaban J connectivity index is 2.39. The Labute approximate surface area is 66.8 Å². The predicted octanol–water partition coefficient (Wildman–Crippen LogP) is 0.0784. The molecule has 64 valence electrons. The number of ketones is 1. The third-order valence-corrected chi connectivity index (χ3v) is 2.16. The van der Waals surface area contributed by atoms with Crippen molar-refractivity contribution in [1.82, 2.24) is 5.32 Å². The molecule has 0 radical (unpaired) electrons. The summed E-state index contributed by atoms with van der Waals surface area (Å²) in [4.78, 5) is 11.0. The molecule has 0 bridgehead atoms. The third kappa shape index (κ3) is 2.01. The number of hydrogen-bond acceptors (Lipinski definition) is 3. The summed E-state index contributed by atoms with van der Waals surface area (Å²) in [5, 5.41) is 12.5. The van der Waals surface area contributed by atoms with Gasteiger partial charge in [-0.15, -0.1) is 0 Å². The number of hydrogen-bond donors (Lipinski definition) is 2. The minimum atomic E-state index is -0.775. The quantitative estimate of drug-likeness (QED) is 0.610. The van der Waals surface area contributed by atoms with Crippen LogP contribution in [0.15, 0.2) is 0 Å². The van der Waals surface area contributed by atoms with Gasteiger partial charge in [-0.3, -0.25) is 4.79 Å². The second-order valence-electron chi connectivity index (χ2n) is 2.97. The lowest BCUT2D eigenvalue weighted by atomic mass is 10.0. The summed E-state index contributed by atoms with van der Waals surface area (Å²) in [5.74, 6) is -0.0515. The average molecular weight is 157 g/mol. The number of carbonyl (C=O) groups excluding carboxylic acids is 1. The van der Waals surface area contributed by atoms with Crippen LogP contribution in [0.25, 0.3) is 0 Å². The minimum absolute atomic E-state index is 0.0162. The van der Waals surface area contributed by atoms with Crippen molar-refractivity contribution in [1.29, 1.82) is 0 Å². The number of aliphatic hydroxyl groups excluding tert-OH is 1. The molecule has 0 aliphatic carbocycles. The van der Waals surface area contributed by atoms with E-state index in [0.717, 1.165) is 19.4 Å². The van der Waals surface area contributed by atoms with Crippen molar-refractivity contribution in [3.05, 3.63) is 0 Å². The Kier molecular flexibility index (Phi) is 3.02. The summed E-state index contributed by atoms with van der Waals surface area (Å²) in [6.07, 6.45) is 1.65. The number of nitrogens with one attached hydrogen (secondary N) is 1. The van der Waals surface area contributed by atoms with Crippen LogP contribution in [0, 0.1) is 0 Å². The minimum Gasteiger partial charge on any atom is -0.384 e. The normalized spacial score (nSPS) is 26.9. The van der Waals surface area contributed by atoms with Crippen molar-refractivity contribution < 1.29 is 9.90 Å². The fourth-order valence-corrected chi connectivity index (χ4v) is 1.41. The van der Waals surface area contributed by atoms with Crippen molar-refractivity contribution in [2.45, 2.75) is 38.3 Å². The Hall–Kier alpha value is -0.410. The van der Waals surface area contributed by atoms with Gasteiger partial charge in [-0.1, -0.05) is 6.92 Å². The molecular weight excluding hydrogens is 142 g/mol. The molecule has 0 aromatic carbocycles. The highest BCUT2D eigenvalue weighted by atomic mass is 16.3. The summed E-state index contributed by atoms with van der Waals surface area (Å²) >= 11 is 0. The molecule has 2 N–H and O–H groups in total. The zero-order valence-corrected chi connectivity index (χ0v) is 6.84. The van der Waals surface area contributed by atoms with E-state index in [1.54, 1.807) is 6.92 Å². The topological polar surface area (TPSA) is 49.3 Å². The maximum absolute atomic E-state index is 11.0. The summed E-state index contributed by atoms with van der Waals surface area (Å²) in [7, 11) is 0. The molecule has 3 heteroatoms. The zero-order valence-electron chi connectivity index (χ0n) is 6.84. The first-order valence-corrected chi connectivity index (χ1v) is 4.20. The number of rotatable bonds is 3. The molecule has 2 unspecified atom stereocenters. The zero-order chi connectivity index (χ0) is 8.27. The van der Waals surface area contributed by atoms with Crippen molar-refractivity contribution in [2.24, 2.45) is 0 Å². The first kappa shape index (κ1) is 8.68. The highest BCUT2D eigenvalue weighted by Gasteiger charge is 2.26. The summed E-state index contributed by atoms with van der Waals surface area (Å²) in [6.45, 7) is 2.71. The van der Waals surface area contributed by atoms with Crippen molar-refractivity contribution >= 4 is 5.78 Å². The average Bonchev–Trinajstić information content (AvgIpc) is 2.53. The predicted molar refractivity (Wildman–Crippen MR) is 42.3 cm³/mol. The molecule has 0 aromatic rings. The van der Waals surface area contributed by atoms with Crippen LogP contribution in [0.1, 0.15) is 26.2 Å². The first-order chi connectivity index (χ1) is 5.25. The van der Waals surface area contributed by atoms with Gasteiger partial charge in [-0.25, -0.2) is 0 Å². The SMILES string of the molecule is CCC(=O)C(O)C1CCCN1. The molecule has 1 rings (SSSR count). The molecule has 0 saturated carbocycles. The maximum atomic E-state index is 11.0. The van der Waals surface area contributed by atoms with Crippen LogP contribution in [0.5, 0.6) is 0 Å². The van der Waals surface area contributed by atoms with Gasteiger partial charge < -0.3 is 10.4 Å². The molecule has 1 aliphatic rings. The van der Waals surface area contributed by atoms with Gasteiger partial charge in [0, 0.05) is 12.5 Å². The van der Waals surface area contributed by atoms with Crippen LogP contribution >= 0.6 is 0 Å². The third-order valence-electron chi connectivity index (χ3n) is 2.16. The van der Waals surface area contributed by atoms with Crippen LogP contribution in [0.2, 0.25) is 0 Å². The molecule has 2 atom stereocenters. The van der Waals surface area contributed by atoms with Gasteiger partial charge in [0.25, 0.3) is 0 Å². The lowest BCUT2D eigenvalue weighted by Crippen LogP contribution is -2.39. The van der Waals surface area contributed by atoms with Gasteiger partial charge in [0.1, 0.15) is 6.10 Å². The largest absolute Gasteiger partial charge is 0.384 e.